The van der Waals surface area contributed by atoms with Crippen LogP contribution < -0.4 is 0 Å². The van der Waals surface area contributed by atoms with Gasteiger partial charge in [0.15, 0.2) is 0 Å². The molecule has 1 unspecified atom stereocenters. The first-order valence-corrected chi connectivity index (χ1v) is 2.83. The Labute approximate surface area is 66.9 Å². The molecule has 0 N–H and O–H groups in total. The second kappa shape index (κ2) is 3.01. The van der Waals surface area contributed by atoms with Crippen LogP contribution in [0.2, 0.25) is 0 Å². The molecule has 0 aliphatic rings. The average molecular weight is 181 g/mol. The van der Waals surface area contributed by atoms with Crippen LogP contribution in [0.1, 0.15) is 6.92 Å². The number of nitrogens with zero attached hydrogens (tertiary/aromatic N) is 1. The highest BCUT2D eigenvalue weighted by atomic mass is 19.4. The Morgan fingerprint density at radius 1 is 1.50 bits per heavy atom. The Kier molecular flexibility index (Phi) is 2.70. The van der Waals surface area contributed by atoms with Gasteiger partial charge in [-0.3, -0.25) is 4.85 Å². The van der Waals surface area contributed by atoms with Gasteiger partial charge in [0.25, 0.3) is 0 Å². The number of methoxy groups -OCH3 is 1. The summed E-state index contributed by atoms with van der Waals surface area (Å²) < 4.78 is 39.9. The quantitative estimate of drug-likeness (QED) is 0.452. The first kappa shape index (κ1) is 10.8. The Bertz CT molecular complexity index is 230. The Hall–Kier alpha value is -1.25. The molecule has 0 aromatic carbocycles. The van der Waals surface area contributed by atoms with Gasteiger partial charge in [0.2, 0.25) is 0 Å². The first-order chi connectivity index (χ1) is 5.29. The highest BCUT2D eigenvalue weighted by Gasteiger charge is 2.65. The summed E-state index contributed by atoms with van der Waals surface area (Å²) in [6.07, 6.45) is -4.90. The van der Waals surface area contributed by atoms with Crippen molar-refractivity contribution in [1.29, 1.82) is 0 Å². The molecule has 0 fully saturated rings. The molecule has 0 aromatic rings. The molecule has 0 bridgehead atoms. The van der Waals surface area contributed by atoms with Crippen LogP contribution in [-0.2, 0) is 9.53 Å². The van der Waals surface area contributed by atoms with Crippen LogP contribution in [0.4, 0.5) is 13.2 Å². The molecular formula is C6H6F3NO2. The van der Waals surface area contributed by atoms with Crippen molar-refractivity contribution in [3.63, 3.8) is 0 Å². The van der Waals surface area contributed by atoms with Crippen molar-refractivity contribution < 1.29 is 22.7 Å². The van der Waals surface area contributed by atoms with Crippen molar-refractivity contribution in [2.24, 2.45) is 0 Å². The van der Waals surface area contributed by atoms with E-state index < -0.39 is 17.7 Å². The number of hydrogen-bond acceptors (Lipinski definition) is 2. The minimum atomic E-state index is -4.90. The molecule has 0 heterocycles. The SMILES string of the molecule is [C-]#[N+]C(C)(C(=O)OC)C(F)(F)F. The van der Waals surface area contributed by atoms with Crippen LogP contribution in [0.25, 0.3) is 4.85 Å². The number of carbonyl (C=O) groups is 1. The maximum atomic E-state index is 12.0. The molecule has 0 amide bonds. The van der Waals surface area contributed by atoms with Crippen LogP contribution in [-0.4, -0.2) is 24.8 Å². The second-order valence-corrected chi connectivity index (χ2v) is 2.17. The van der Waals surface area contributed by atoms with E-state index in [4.69, 9.17) is 6.57 Å². The summed E-state index contributed by atoms with van der Waals surface area (Å²) in [6.45, 7) is 6.73. The molecule has 0 spiro atoms. The molecule has 0 saturated carbocycles. The summed E-state index contributed by atoms with van der Waals surface area (Å²) in [5, 5.41) is 0. The van der Waals surface area contributed by atoms with Gasteiger partial charge in [0, 0.05) is 6.92 Å². The van der Waals surface area contributed by atoms with Gasteiger partial charge in [-0.2, -0.15) is 13.2 Å². The number of ether oxygens (including phenoxy) is 1. The maximum Gasteiger partial charge on any atom is 0.480 e. The molecular weight excluding hydrogens is 175 g/mol. The summed E-state index contributed by atoms with van der Waals surface area (Å²) in [6, 6.07) is 0. The minimum absolute atomic E-state index is 0.478. The zero-order chi connectivity index (χ0) is 9.99. The van der Waals surface area contributed by atoms with Gasteiger partial charge in [-0.15, -0.1) is 0 Å². The zero-order valence-electron chi connectivity index (χ0n) is 6.40. The van der Waals surface area contributed by atoms with E-state index in [9.17, 15) is 18.0 Å². The van der Waals surface area contributed by atoms with E-state index in [1.807, 2.05) is 0 Å². The smallest absolute Gasteiger partial charge is 0.463 e. The molecule has 0 rings (SSSR count). The monoisotopic (exact) mass is 181 g/mol. The van der Waals surface area contributed by atoms with E-state index in [0.29, 0.717) is 6.92 Å². The van der Waals surface area contributed by atoms with E-state index in [2.05, 4.69) is 9.58 Å². The number of alkyl halides is 3. The number of esters is 1. The molecule has 1 atom stereocenters. The highest BCUT2D eigenvalue weighted by Crippen LogP contribution is 2.34. The van der Waals surface area contributed by atoms with E-state index in [0.717, 1.165) is 7.11 Å². The van der Waals surface area contributed by atoms with E-state index >= 15 is 0 Å². The molecule has 0 aromatic heterocycles. The lowest BCUT2D eigenvalue weighted by Gasteiger charge is -2.16. The molecule has 0 aliphatic carbocycles. The molecule has 3 nitrogen and oxygen atoms in total. The van der Waals surface area contributed by atoms with Gasteiger partial charge in [-0.1, -0.05) is 0 Å². The summed E-state index contributed by atoms with van der Waals surface area (Å²) in [5.41, 5.74) is -3.08. The first-order valence-electron chi connectivity index (χ1n) is 2.83. The van der Waals surface area contributed by atoms with Crippen molar-refractivity contribution in [3.8, 4) is 0 Å². The van der Waals surface area contributed by atoms with Gasteiger partial charge in [0.05, 0.1) is 7.11 Å². The van der Waals surface area contributed by atoms with Crippen LogP contribution in [0, 0.1) is 6.57 Å². The lowest BCUT2D eigenvalue weighted by atomic mass is 10.0. The van der Waals surface area contributed by atoms with Gasteiger partial charge in [-0.25, -0.2) is 11.4 Å². The van der Waals surface area contributed by atoms with Crippen LogP contribution in [0.15, 0.2) is 0 Å². The van der Waals surface area contributed by atoms with E-state index in [-0.39, 0.29) is 0 Å². The predicted molar refractivity (Wildman–Crippen MR) is 33.1 cm³/mol. The van der Waals surface area contributed by atoms with Crippen molar-refractivity contribution >= 4 is 5.97 Å². The maximum absolute atomic E-state index is 12.0. The van der Waals surface area contributed by atoms with Crippen LogP contribution in [0.5, 0.6) is 0 Å². The van der Waals surface area contributed by atoms with Gasteiger partial charge < -0.3 is 4.74 Å². The fourth-order valence-electron chi connectivity index (χ4n) is 0.423. The van der Waals surface area contributed by atoms with Gasteiger partial charge in [-0.05, 0) is 0 Å². The van der Waals surface area contributed by atoms with Crippen LogP contribution in [0.3, 0.4) is 0 Å². The Morgan fingerprint density at radius 3 is 2.00 bits per heavy atom. The largest absolute Gasteiger partial charge is 0.480 e. The standard InChI is InChI=1S/C6H6F3NO2/c1-5(10-2,4(11)12-3)6(7,8)9/h1,3H3. The number of carbonyl (C=O) groups excluding carboxylic acids is 1. The second-order valence-electron chi connectivity index (χ2n) is 2.17. The lowest BCUT2D eigenvalue weighted by molar-refractivity contribution is -0.191. The normalized spacial score (nSPS) is 16.0. The van der Waals surface area contributed by atoms with Gasteiger partial charge >= 0.3 is 17.7 Å². The van der Waals surface area contributed by atoms with Gasteiger partial charge in [0.1, 0.15) is 0 Å². The zero-order valence-corrected chi connectivity index (χ0v) is 6.40. The summed E-state index contributed by atoms with van der Waals surface area (Å²) in [4.78, 5) is 12.8. The molecule has 0 aliphatic heterocycles. The predicted octanol–water partition coefficient (Wildman–Crippen LogP) is 1.40. The Morgan fingerprint density at radius 2 is 1.92 bits per heavy atom. The van der Waals surface area contributed by atoms with Crippen molar-refractivity contribution in [1.82, 2.24) is 0 Å². The highest BCUT2D eigenvalue weighted by molar-refractivity contribution is 5.83. The third-order valence-corrected chi connectivity index (χ3v) is 1.36. The number of halogens is 3. The van der Waals surface area contributed by atoms with Crippen molar-refractivity contribution in [2.75, 3.05) is 7.11 Å². The molecule has 0 saturated heterocycles. The van der Waals surface area contributed by atoms with E-state index in [1.165, 1.54) is 0 Å². The molecule has 68 valence electrons. The minimum Gasteiger partial charge on any atom is -0.463 e. The fraction of sp³-hybridized carbons (Fsp3) is 0.667. The van der Waals surface area contributed by atoms with Crippen LogP contribution >= 0.6 is 0 Å². The topological polar surface area (TPSA) is 30.7 Å². The number of rotatable bonds is 1. The molecule has 0 radical (unpaired) electrons. The lowest BCUT2D eigenvalue weighted by Crippen LogP contribution is -2.47. The molecule has 6 heteroatoms. The summed E-state index contributed by atoms with van der Waals surface area (Å²) in [5.74, 6) is -1.59. The molecule has 12 heavy (non-hydrogen) atoms. The summed E-state index contributed by atoms with van der Waals surface area (Å²) in [7, 11) is 0.803. The average Bonchev–Trinajstić information content (AvgIpc) is 1.99. The third-order valence-electron chi connectivity index (χ3n) is 1.36. The fourth-order valence-corrected chi connectivity index (χ4v) is 0.423. The van der Waals surface area contributed by atoms with Crippen molar-refractivity contribution in [3.05, 3.63) is 11.4 Å². The van der Waals surface area contributed by atoms with E-state index in [1.54, 1.807) is 0 Å². The van der Waals surface area contributed by atoms with Crippen molar-refractivity contribution in [2.45, 2.75) is 18.6 Å². The third kappa shape index (κ3) is 1.49. The summed E-state index contributed by atoms with van der Waals surface area (Å²) >= 11 is 0. The number of hydrogen-bond donors (Lipinski definition) is 0. The Balaban J connectivity index is 4.98.